The first-order chi connectivity index (χ1) is 8.11. The molecule has 2 aliphatic carbocycles. The van der Waals surface area contributed by atoms with Crippen molar-refractivity contribution in [1.82, 2.24) is 0 Å². The van der Waals surface area contributed by atoms with Crippen molar-refractivity contribution in [3.05, 3.63) is 12.7 Å². The smallest absolute Gasteiger partial charge is 0.162 e. The minimum Gasteiger partial charge on any atom is -0.244 e. The van der Waals surface area contributed by atoms with E-state index in [0.29, 0.717) is 11.8 Å². The highest BCUT2D eigenvalue weighted by Crippen LogP contribution is 2.42. The van der Waals surface area contributed by atoms with Gasteiger partial charge in [0.2, 0.25) is 0 Å². The molecular formula is C14H21F3. The summed E-state index contributed by atoms with van der Waals surface area (Å²) in [6.07, 6.45) is 1.48. The molecule has 98 valence electrons. The Bertz CT molecular complexity index is 246. The number of alkyl halides is 3. The molecule has 0 radical (unpaired) electrons. The fourth-order valence-corrected chi connectivity index (χ4v) is 3.40. The molecule has 2 saturated carbocycles. The van der Waals surface area contributed by atoms with Crippen molar-refractivity contribution in [2.75, 3.05) is 0 Å². The molecule has 0 aliphatic heterocycles. The van der Waals surface area contributed by atoms with Crippen LogP contribution in [0.15, 0.2) is 12.7 Å². The molecule has 17 heavy (non-hydrogen) atoms. The zero-order valence-corrected chi connectivity index (χ0v) is 10.1. The standard InChI is InChI=1S/C14H21F3/c1-2-9-3-5-10(6-4-9)11-7-12(15)14(17)13(16)8-11/h2,9-14H,1,3-8H2. The molecule has 0 aromatic rings. The van der Waals surface area contributed by atoms with Crippen molar-refractivity contribution in [3.63, 3.8) is 0 Å². The maximum atomic E-state index is 13.3. The molecule has 2 unspecified atom stereocenters. The lowest BCUT2D eigenvalue weighted by molar-refractivity contribution is -0.00348. The van der Waals surface area contributed by atoms with Crippen LogP contribution in [0.25, 0.3) is 0 Å². The van der Waals surface area contributed by atoms with Crippen molar-refractivity contribution < 1.29 is 13.2 Å². The lowest BCUT2D eigenvalue weighted by Gasteiger charge is -2.38. The van der Waals surface area contributed by atoms with E-state index >= 15 is 0 Å². The topological polar surface area (TPSA) is 0 Å². The van der Waals surface area contributed by atoms with Crippen LogP contribution in [-0.4, -0.2) is 18.5 Å². The Labute approximate surface area is 101 Å². The van der Waals surface area contributed by atoms with Crippen molar-refractivity contribution in [1.29, 1.82) is 0 Å². The van der Waals surface area contributed by atoms with Crippen molar-refractivity contribution in [3.8, 4) is 0 Å². The van der Waals surface area contributed by atoms with Gasteiger partial charge in [0.15, 0.2) is 6.17 Å². The van der Waals surface area contributed by atoms with E-state index in [1.165, 1.54) is 0 Å². The molecule has 2 atom stereocenters. The summed E-state index contributed by atoms with van der Waals surface area (Å²) in [7, 11) is 0. The summed E-state index contributed by atoms with van der Waals surface area (Å²) >= 11 is 0. The van der Waals surface area contributed by atoms with E-state index in [4.69, 9.17) is 0 Å². The molecule has 0 aromatic carbocycles. The van der Waals surface area contributed by atoms with Gasteiger partial charge in [-0.1, -0.05) is 6.08 Å². The van der Waals surface area contributed by atoms with Crippen molar-refractivity contribution in [2.24, 2.45) is 17.8 Å². The molecule has 0 bridgehead atoms. The maximum Gasteiger partial charge on any atom is 0.162 e. The van der Waals surface area contributed by atoms with E-state index in [2.05, 4.69) is 6.58 Å². The van der Waals surface area contributed by atoms with Crippen LogP contribution < -0.4 is 0 Å². The number of allylic oxidation sites excluding steroid dienone is 1. The van der Waals surface area contributed by atoms with Gasteiger partial charge in [0, 0.05) is 0 Å². The molecule has 0 N–H and O–H groups in total. The number of rotatable bonds is 2. The van der Waals surface area contributed by atoms with Crippen LogP contribution in [-0.2, 0) is 0 Å². The molecule has 3 heteroatoms. The van der Waals surface area contributed by atoms with Crippen LogP contribution in [0.2, 0.25) is 0 Å². The molecular weight excluding hydrogens is 225 g/mol. The Hall–Kier alpha value is -0.470. The maximum absolute atomic E-state index is 13.3. The highest BCUT2D eigenvalue weighted by Gasteiger charge is 2.41. The second-order valence-electron chi connectivity index (χ2n) is 5.62. The van der Waals surface area contributed by atoms with Crippen molar-refractivity contribution in [2.45, 2.75) is 57.0 Å². The zero-order chi connectivity index (χ0) is 12.4. The molecule has 2 aliphatic rings. The van der Waals surface area contributed by atoms with Crippen molar-refractivity contribution >= 4 is 0 Å². The number of halogens is 3. The average Bonchev–Trinajstić information content (AvgIpc) is 2.35. The van der Waals surface area contributed by atoms with E-state index in [0.717, 1.165) is 25.7 Å². The summed E-state index contributed by atoms with van der Waals surface area (Å²) in [5.41, 5.74) is 0. The SMILES string of the molecule is C=CC1CCC(C2CC(F)C(F)C(F)C2)CC1. The minimum absolute atomic E-state index is 0.0396. The van der Waals surface area contributed by atoms with Crippen LogP contribution in [0.1, 0.15) is 38.5 Å². The highest BCUT2D eigenvalue weighted by atomic mass is 19.2. The van der Waals surface area contributed by atoms with Gasteiger partial charge in [0.25, 0.3) is 0 Å². The molecule has 0 nitrogen and oxygen atoms in total. The number of hydrogen-bond donors (Lipinski definition) is 0. The predicted octanol–water partition coefficient (Wildman–Crippen LogP) is 4.40. The van der Waals surface area contributed by atoms with Gasteiger partial charge in [0.05, 0.1) is 0 Å². The lowest BCUT2D eigenvalue weighted by atomic mass is 9.70. The third kappa shape index (κ3) is 2.86. The first-order valence-corrected chi connectivity index (χ1v) is 6.66. The fraction of sp³-hybridized carbons (Fsp3) is 0.857. The first-order valence-electron chi connectivity index (χ1n) is 6.66. The van der Waals surface area contributed by atoms with E-state index in [9.17, 15) is 13.2 Å². The summed E-state index contributed by atoms with van der Waals surface area (Å²) in [4.78, 5) is 0. The monoisotopic (exact) mass is 246 g/mol. The largest absolute Gasteiger partial charge is 0.244 e. The van der Waals surface area contributed by atoms with E-state index in [-0.39, 0.29) is 18.8 Å². The second-order valence-corrected chi connectivity index (χ2v) is 5.62. The molecule has 0 amide bonds. The van der Waals surface area contributed by atoms with Gasteiger partial charge in [-0.3, -0.25) is 0 Å². The molecule has 0 spiro atoms. The van der Waals surface area contributed by atoms with Gasteiger partial charge in [-0.05, 0) is 56.3 Å². The summed E-state index contributed by atoms with van der Waals surface area (Å²) in [5, 5.41) is 0. The summed E-state index contributed by atoms with van der Waals surface area (Å²) < 4.78 is 39.8. The third-order valence-corrected chi connectivity index (χ3v) is 4.56. The fourth-order valence-electron chi connectivity index (χ4n) is 3.40. The van der Waals surface area contributed by atoms with E-state index in [1.54, 1.807) is 0 Å². The van der Waals surface area contributed by atoms with Gasteiger partial charge in [-0.2, -0.15) is 0 Å². The van der Waals surface area contributed by atoms with Gasteiger partial charge >= 0.3 is 0 Å². The summed E-state index contributed by atoms with van der Waals surface area (Å²) in [6.45, 7) is 3.79. The van der Waals surface area contributed by atoms with Gasteiger partial charge in [-0.25, -0.2) is 13.2 Å². The van der Waals surface area contributed by atoms with Crippen LogP contribution >= 0.6 is 0 Å². The van der Waals surface area contributed by atoms with Crippen LogP contribution in [0.3, 0.4) is 0 Å². The number of hydrogen-bond acceptors (Lipinski definition) is 0. The Morgan fingerprint density at radius 3 is 1.82 bits per heavy atom. The molecule has 0 heterocycles. The van der Waals surface area contributed by atoms with Crippen LogP contribution in [0.5, 0.6) is 0 Å². The molecule has 2 fully saturated rings. The Balaban J connectivity index is 1.89. The predicted molar refractivity (Wildman–Crippen MR) is 63.1 cm³/mol. The second kappa shape index (κ2) is 5.45. The summed E-state index contributed by atoms with van der Waals surface area (Å²) in [5.74, 6) is 0.985. The normalized spacial score (nSPS) is 47.7. The Morgan fingerprint density at radius 1 is 0.824 bits per heavy atom. The van der Waals surface area contributed by atoms with Gasteiger partial charge in [0.1, 0.15) is 12.3 Å². The highest BCUT2D eigenvalue weighted by molar-refractivity contribution is 4.92. The molecule has 2 rings (SSSR count). The molecule has 0 saturated heterocycles. The average molecular weight is 246 g/mol. The van der Waals surface area contributed by atoms with E-state index in [1.807, 2.05) is 6.08 Å². The van der Waals surface area contributed by atoms with Gasteiger partial charge < -0.3 is 0 Å². The lowest BCUT2D eigenvalue weighted by Crippen LogP contribution is -2.40. The van der Waals surface area contributed by atoms with Crippen LogP contribution in [0, 0.1) is 17.8 Å². The first kappa shape index (κ1) is 13.0. The Morgan fingerprint density at radius 2 is 1.35 bits per heavy atom. The quantitative estimate of drug-likeness (QED) is 0.633. The van der Waals surface area contributed by atoms with Gasteiger partial charge in [-0.15, -0.1) is 6.58 Å². The summed E-state index contributed by atoms with van der Waals surface area (Å²) in [6, 6.07) is 0. The zero-order valence-electron chi connectivity index (χ0n) is 10.1. The minimum atomic E-state index is -1.89. The van der Waals surface area contributed by atoms with E-state index < -0.39 is 18.5 Å². The van der Waals surface area contributed by atoms with Crippen LogP contribution in [0.4, 0.5) is 13.2 Å². The third-order valence-electron chi connectivity index (χ3n) is 4.56. The molecule has 0 aromatic heterocycles. The Kier molecular flexibility index (Phi) is 4.16.